The Morgan fingerprint density at radius 1 is 1.14 bits per heavy atom. The maximum atomic E-state index is 12.3. The molecule has 0 aliphatic carbocycles. The highest BCUT2D eigenvalue weighted by Gasteiger charge is 2.22. The lowest BCUT2D eigenvalue weighted by Crippen LogP contribution is -2.18. The fourth-order valence-corrected chi connectivity index (χ4v) is 2.24. The molecule has 4 nitrogen and oxygen atoms in total. The van der Waals surface area contributed by atoms with E-state index < -0.39 is 11.9 Å². The lowest BCUT2D eigenvalue weighted by Gasteiger charge is -2.10. The molecule has 0 bridgehead atoms. The summed E-state index contributed by atoms with van der Waals surface area (Å²) < 4.78 is 5.22. The van der Waals surface area contributed by atoms with Crippen molar-refractivity contribution in [3.05, 3.63) is 40.9 Å². The molecular formula is C16H19Cl2NO3. The number of hydrogen-bond donors (Lipinski definition) is 1. The molecular weight excluding hydrogens is 325 g/mol. The van der Waals surface area contributed by atoms with Gasteiger partial charge in [0.25, 0.3) is 5.91 Å². The lowest BCUT2D eigenvalue weighted by atomic mass is 10.1. The van der Waals surface area contributed by atoms with E-state index in [1.54, 1.807) is 30.3 Å². The Morgan fingerprint density at radius 2 is 1.82 bits per heavy atom. The minimum absolute atomic E-state index is 0.0101. The number of carbonyl (C=O) groups excluding carboxylic acids is 2. The number of esters is 1. The van der Waals surface area contributed by atoms with Crippen LogP contribution in [0.5, 0.6) is 0 Å². The van der Waals surface area contributed by atoms with Crippen molar-refractivity contribution in [2.24, 2.45) is 0 Å². The number of unbranched alkanes of at least 4 members (excludes halogenated alkanes) is 3. The van der Waals surface area contributed by atoms with E-state index in [9.17, 15) is 9.59 Å². The van der Waals surface area contributed by atoms with Crippen molar-refractivity contribution in [3.63, 3.8) is 0 Å². The van der Waals surface area contributed by atoms with Crippen LogP contribution in [0, 0.1) is 0 Å². The predicted molar refractivity (Wildman–Crippen MR) is 88.3 cm³/mol. The first-order valence-corrected chi connectivity index (χ1v) is 7.90. The van der Waals surface area contributed by atoms with Crippen LogP contribution in [-0.4, -0.2) is 18.5 Å². The minimum atomic E-state index is -0.745. The van der Waals surface area contributed by atoms with E-state index in [-0.39, 0.29) is 10.6 Å². The third-order valence-electron chi connectivity index (χ3n) is 3.00. The van der Waals surface area contributed by atoms with Gasteiger partial charge in [0.15, 0.2) is 0 Å². The number of amides is 1. The van der Waals surface area contributed by atoms with E-state index in [0.29, 0.717) is 12.2 Å². The summed E-state index contributed by atoms with van der Waals surface area (Å²) in [6.45, 7) is 2.40. The Labute approximate surface area is 140 Å². The Kier molecular flexibility index (Phi) is 8.63. The predicted octanol–water partition coefficient (Wildman–Crippen LogP) is 4.03. The molecule has 0 aliphatic rings. The third-order valence-corrected chi connectivity index (χ3v) is 3.53. The molecule has 1 N–H and O–H groups in total. The number of rotatable bonds is 8. The first kappa shape index (κ1) is 18.5. The molecule has 0 radical (unpaired) electrons. The first-order chi connectivity index (χ1) is 10.6. The summed E-state index contributed by atoms with van der Waals surface area (Å²) in [6.07, 6.45) is 3.96. The third kappa shape index (κ3) is 5.70. The quantitative estimate of drug-likeness (QED) is 0.335. The molecule has 0 aromatic heterocycles. The largest absolute Gasteiger partial charge is 0.462 e. The molecule has 120 valence electrons. The van der Waals surface area contributed by atoms with Crippen LogP contribution in [-0.2, 0) is 14.3 Å². The number of benzene rings is 1. The van der Waals surface area contributed by atoms with E-state index in [1.807, 2.05) is 4.84 Å². The van der Waals surface area contributed by atoms with Crippen molar-refractivity contribution in [2.75, 3.05) is 6.61 Å². The van der Waals surface area contributed by atoms with E-state index in [1.165, 1.54) is 0 Å². The molecule has 0 spiro atoms. The van der Waals surface area contributed by atoms with Gasteiger partial charge >= 0.3 is 5.97 Å². The molecule has 0 aliphatic heterocycles. The summed E-state index contributed by atoms with van der Waals surface area (Å²) in [4.78, 5) is 25.7. The van der Waals surface area contributed by atoms with Crippen molar-refractivity contribution in [3.8, 4) is 0 Å². The molecule has 0 saturated carbocycles. The molecule has 1 amide bonds. The van der Waals surface area contributed by atoms with Gasteiger partial charge in [0, 0.05) is 11.8 Å². The van der Waals surface area contributed by atoms with Crippen molar-refractivity contribution in [2.45, 2.75) is 32.6 Å². The number of carbonyl (C=O) groups is 2. The maximum absolute atomic E-state index is 12.3. The molecule has 1 aromatic rings. The highest BCUT2D eigenvalue weighted by Crippen LogP contribution is 2.23. The summed E-state index contributed by atoms with van der Waals surface area (Å²) in [5, 5.41) is -0.292. The number of hydrogen-bond acceptors (Lipinski definition) is 3. The van der Waals surface area contributed by atoms with Gasteiger partial charge in [-0.25, -0.2) is 4.79 Å². The number of halogens is 2. The van der Waals surface area contributed by atoms with Crippen LogP contribution in [0.2, 0.25) is 0 Å². The van der Waals surface area contributed by atoms with Crippen molar-refractivity contribution in [1.82, 2.24) is 4.84 Å². The standard InChI is InChI=1S/C16H19Cl2NO3/c1-2-3-4-8-11-22-16(21)13(14(17)15(20)19-18)12-9-6-5-7-10-12/h5-7,9-10H,2-4,8,11H2,1H3,(H,19,20). The van der Waals surface area contributed by atoms with Gasteiger partial charge in [0.1, 0.15) is 5.03 Å². The summed E-state index contributed by atoms with van der Waals surface area (Å²) in [7, 11) is 0. The van der Waals surface area contributed by atoms with Crippen molar-refractivity contribution in [1.29, 1.82) is 0 Å². The second-order valence-electron chi connectivity index (χ2n) is 4.68. The second kappa shape index (κ2) is 10.2. The first-order valence-electron chi connectivity index (χ1n) is 7.15. The molecule has 0 atom stereocenters. The van der Waals surface area contributed by atoms with Crippen molar-refractivity contribution < 1.29 is 14.3 Å². The highest BCUT2D eigenvalue weighted by atomic mass is 35.5. The van der Waals surface area contributed by atoms with E-state index in [4.69, 9.17) is 28.1 Å². The monoisotopic (exact) mass is 343 g/mol. The van der Waals surface area contributed by atoms with E-state index in [2.05, 4.69) is 6.92 Å². The molecule has 0 heterocycles. The normalized spacial score (nSPS) is 11.6. The molecule has 22 heavy (non-hydrogen) atoms. The highest BCUT2D eigenvalue weighted by molar-refractivity contribution is 6.51. The topological polar surface area (TPSA) is 55.4 Å². The summed E-state index contributed by atoms with van der Waals surface area (Å²) >= 11 is 11.2. The van der Waals surface area contributed by atoms with Crippen LogP contribution in [0.4, 0.5) is 0 Å². The zero-order valence-electron chi connectivity index (χ0n) is 12.4. The van der Waals surface area contributed by atoms with Crippen LogP contribution in [0.1, 0.15) is 38.2 Å². The Morgan fingerprint density at radius 3 is 2.41 bits per heavy atom. The zero-order valence-corrected chi connectivity index (χ0v) is 13.9. The number of ether oxygens (including phenoxy) is 1. The van der Waals surface area contributed by atoms with Gasteiger partial charge in [-0.2, -0.15) is 0 Å². The fraction of sp³-hybridized carbons (Fsp3) is 0.375. The SMILES string of the molecule is CCCCCCOC(=O)C(=C(Cl)C(=O)NCl)c1ccccc1. The van der Waals surface area contributed by atoms with Gasteiger partial charge in [-0.1, -0.05) is 68.1 Å². The van der Waals surface area contributed by atoms with Crippen LogP contribution < -0.4 is 4.84 Å². The Bertz CT molecular complexity index is 529. The molecule has 1 rings (SSSR count). The Hall–Kier alpha value is -1.52. The smallest absolute Gasteiger partial charge is 0.340 e. The van der Waals surface area contributed by atoms with Gasteiger partial charge in [-0.15, -0.1) is 0 Å². The summed E-state index contributed by atoms with van der Waals surface area (Å²) in [5.74, 6) is -1.38. The summed E-state index contributed by atoms with van der Waals surface area (Å²) in [6, 6.07) is 8.64. The fourth-order valence-electron chi connectivity index (χ4n) is 1.86. The van der Waals surface area contributed by atoms with Gasteiger partial charge in [0.05, 0.1) is 12.2 Å². The number of nitrogens with one attached hydrogen (secondary N) is 1. The average molecular weight is 344 g/mol. The zero-order chi connectivity index (χ0) is 16.4. The van der Waals surface area contributed by atoms with Gasteiger partial charge in [-0.05, 0) is 12.0 Å². The van der Waals surface area contributed by atoms with Gasteiger partial charge in [0.2, 0.25) is 0 Å². The Balaban J connectivity index is 2.88. The van der Waals surface area contributed by atoms with Gasteiger partial charge < -0.3 is 4.74 Å². The van der Waals surface area contributed by atoms with Crippen LogP contribution in [0.25, 0.3) is 5.57 Å². The maximum Gasteiger partial charge on any atom is 0.340 e. The minimum Gasteiger partial charge on any atom is -0.462 e. The summed E-state index contributed by atoms with van der Waals surface area (Å²) in [5.41, 5.74) is 0.516. The molecule has 0 saturated heterocycles. The molecule has 0 fully saturated rings. The van der Waals surface area contributed by atoms with Crippen LogP contribution in [0.3, 0.4) is 0 Å². The lowest BCUT2D eigenvalue weighted by molar-refractivity contribution is -0.137. The molecule has 6 heteroatoms. The second-order valence-corrected chi connectivity index (χ2v) is 5.24. The van der Waals surface area contributed by atoms with Gasteiger partial charge in [-0.3, -0.25) is 9.63 Å². The average Bonchev–Trinajstić information content (AvgIpc) is 2.55. The van der Waals surface area contributed by atoms with E-state index >= 15 is 0 Å². The van der Waals surface area contributed by atoms with Crippen LogP contribution in [0.15, 0.2) is 35.4 Å². The van der Waals surface area contributed by atoms with Crippen molar-refractivity contribution >= 4 is 40.8 Å². The molecule has 1 aromatic carbocycles. The van der Waals surface area contributed by atoms with Crippen LogP contribution >= 0.6 is 23.4 Å². The van der Waals surface area contributed by atoms with E-state index in [0.717, 1.165) is 25.7 Å². The molecule has 0 unspecified atom stereocenters.